The maximum atomic E-state index is 14.4. The number of ether oxygens (including phenoxy) is 7. The van der Waals surface area contributed by atoms with Gasteiger partial charge in [0.15, 0.2) is 18.2 Å². The number of nitrogens with one attached hydrogen (secondary N) is 1. The van der Waals surface area contributed by atoms with Crippen LogP contribution in [0.25, 0.3) is 0 Å². The second kappa shape index (κ2) is 21.1. The van der Waals surface area contributed by atoms with Crippen LogP contribution in [0.4, 0.5) is 9.59 Å². The van der Waals surface area contributed by atoms with Crippen LogP contribution in [0, 0.1) is 117 Å². The van der Waals surface area contributed by atoms with Crippen LogP contribution in [0.5, 0.6) is 0 Å². The Bertz CT molecular complexity index is 1410. The van der Waals surface area contributed by atoms with Crippen molar-refractivity contribution in [2.75, 3.05) is 14.1 Å². The molecular formula is C39H67Ac2N3O13. The first-order valence-corrected chi connectivity index (χ1v) is 19.7. The van der Waals surface area contributed by atoms with Crippen molar-refractivity contribution in [3.05, 3.63) is 0 Å². The zero-order valence-electron chi connectivity index (χ0n) is 36.1. The number of nitrogens with two attached hydrogens (primary N) is 1. The summed E-state index contributed by atoms with van der Waals surface area (Å²) in [5.41, 5.74) is 2.02. The Balaban J connectivity index is 0.00000561. The topological polar surface area (TPSA) is 215 Å². The number of primary amides is 1. The molecule has 4 saturated heterocycles. The van der Waals surface area contributed by atoms with Crippen LogP contribution in [0.1, 0.15) is 102 Å². The van der Waals surface area contributed by atoms with Gasteiger partial charge in [-0.05, 0) is 73.4 Å². The van der Waals surface area contributed by atoms with Crippen LogP contribution >= 0.6 is 0 Å². The van der Waals surface area contributed by atoms with Crippen LogP contribution in [0.2, 0.25) is 0 Å². The standard InChI is InChI=1S/C39H67N3O13.2Ac/c1-14-25-39(11)30(41-36(48)55-39)20(4)27(43)18(2)16-38(10,54-35(40)47)32(53-34-28(44)24(42(12)13)15-19(3)49-34)21(5)29(22(6)33(46)51-25)52-26-17-37(8,9)31(45)23(7)50-26;;/h18-26,28-32,34,44-45H,14-17H2,1-13H3,(H2,40,47)(H,41,48);;/t18-,19-,20+,21+,22-,23+,24+,25-,26+,28-,29+,30-,31+,32-,34+,38-,39-;;/m1../s1. The number of aliphatic hydroxyl groups is 2. The first-order chi connectivity index (χ1) is 25.4. The van der Waals surface area contributed by atoms with E-state index in [1.807, 2.05) is 39.8 Å². The molecule has 4 aliphatic heterocycles. The summed E-state index contributed by atoms with van der Waals surface area (Å²) >= 11 is 0. The molecule has 0 spiro atoms. The minimum Gasteiger partial charge on any atom is -0.458 e. The number of hydrogen-bond acceptors (Lipinski definition) is 14. The predicted molar refractivity (Wildman–Crippen MR) is 198 cm³/mol. The molecule has 18 heteroatoms. The van der Waals surface area contributed by atoms with Gasteiger partial charge in [-0.3, -0.25) is 9.59 Å². The monoisotopic (exact) mass is 1240 g/mol. The molecule has 0 saturated carbocycles. The van der Waals surface area contributed by atoms with Crippen molar-refractivity contribution in [2.24, 2.45) is 34.8 Å². The van der Waals surface area contributed by atoms with Crippen molar-refractivity contribution < 1.29 is 151 Å². The number of ketones is 1. The van der Waals surface area contributed by atoms with Gasteiger partial charge in [0.05, 0.1) is 36.4 Å². The summed E-state index contributed by atoms with van der Waals surface area (Å²) in [4.78, 5) is 56.3. The summed E-state index contributed by atoms with van der Waals surface area (Å²) in [6.07, 6.45) is -9.26. The number of hydrogen-bond donors (Lipinski definition) is 4. The van der Waals surface area contributed by atoms with Crippen molar-refractivity contribution in [1.82, 2.24) is 10.2 Å². The maximum Gasteiger partial charge on any atom is 0.408 e. The van der Waals surface area contributed by atoms with Gasteiger partial charge in [0.25, 0.3) is 0 Å². The number of nitrogens with zero attached hydrogens (tertiary/aromatic N) is 1. The third-order valence-electron chi connectivity index (χ3n) is 12.6. The van der Waals surface area contributed by atoms with Crippen molar-refractivity contribution in [3.63, 3.8) is 0 Å². The average molecular weight is 1240 g/mol. The third kappa shape index (κ3) is 11.9. The number of Topliss-reactive ketones (excluding diaryl/α,β-unsaturated/α-hetero) is 1. The van der Waals surface area contributed by atoms with Gasteiger partial charge < -0.3 is 59.3 Å². The summed E-state index contributed by atoms with van der Waals surface area (Å²) < 4.78 is 43.9. The molecule has 0 aromatic heterocycles. The van der Waals surface area contributed by atoms with E-state index in [1.165, 1.54) is 0 Å². The minimum atomic E-state index is -1.69. The van der Waals surface area contributed by atoms with E-state index >= 15 is 0 Å². The number of carbonyl (C=O) groups is 4. The molecule has 5 N–H and O–H groups in total. The van der Waals surface area contributed by atoms with Crippen LogP contribution in [-0.4, -0.2) is 132 Å². The number of likely N-dealkylation sites (N-methyl/N-ethyl adjacent to an activating group) is 1. The van der Waals surface area contributed by atoms with Crippen LogP contribution < -0.4 is 11.1 Å². The van der Waals surface area contributed by atoms with Crippen LogP contribution in [-0.2, 0) is 42.7 Å². The van der Waals surface area contributed by atoms with Gasteiger partial charge >= 0.3 is 18.2 Å². The second-order valence-electron chi connectivity index (χ2n) is 17.8. The van der Waals surface area contributed by atoms with Crippen molar-refractivity contribution in [2.45, 2.75) is 180 Å². The van der Waals surface area contributed by atoms with Crippen molar-refractivity contribution >= 4 is 23.9 Å². The van der Waals surface area contributed by atoms with Gasteiger partial charge in [0.1, 0.15) is 29.7 Å². The number of rotatable bonds is 7. The summed E-state index contributed by atoms with van der Waals surface area (Å²) in [7, 11) is 3.68. The minimum absolute atomic E-state index is 0. The van der Waals surface area contributed by atoms with Gasteiger partial charge in [-0.15, -0.1) is 0 Å². The van der Waals surface area contributed by atoms with Gasteiger partial charge in [-0.25, -0.2) is 9.59 Å². The largest absolute Gasteiger partial charge is 0.458 e. The quantitative estimate of drug-likeness (QED) is 0.213. The zero-order valence-corrected chi connectivity index (χ0v) is 45.5. The predicted octanol–water partition coefficient (Wildman–Crippen LogP) is 3.26. The Kier molecular flexibility index (Phi) is 19.8. The number of alkyl carbamates (subject to hydrolysis) is 1. The molecule has 0 bridgehead atoms. The van der Waals surface area contributed by atoms with Gasteiger partial charge in [-0.2, -0.15) is 0 Å². The molecule has 4 rings (SSSR count). The Labute approximate surface area is 409 Å². The molecule has 57 heavy (non-hydrogen) atoms. The molecule has 2 radical (unpaired) electrons. The number of aliphatic hydroxyl groups excluding tert-OH is 2. The van der Waals surface area contributed by atoms with Crippen molar-refractivity contribution in [1.29, 1.82) is 0 Å². The fourth-order valence-corrected chi connectivity index (χ4v) is 9.50. The van der Waals surface area contributed by atoms with E-state index in [9.17, 15) is 29.4 Å². The fraction of sp³-hybridized carbons (Fsp3) is 0.897. The fourth-order valence-electron chi connectivity index (χ4n) is 9.50. The summed E-state index contributed by atoms with van der Waals surface area (Å²) in [5.74, 6) is -4.53. The van der Waals surface area contributed by atoms with E-state index in [0.29, 0.717) is 6.42 Å². The van der Waals surface area contributed by atoms with E-state index in [-0.39, 0.29) is 125 Å². The third-order valence-corrected chi connectivity index (χ3v) is 12.6. The Morgan fingerprint density at radius 3 is 2.11 bits per heavy atom. The zero-order chi connectivity index (χ0) is 41.5. The molecule has 4 fully saturated rings. The average Bonchev–Trinajstić information content (AvgIpc) is 3.39. The number of amides is 2. The number of cyclic esters (lactones) is 1. The van der Waals surface area contributed by atoms with Crippen LogP contribution in [0.3, 0.4) is 0 Å². The summed E-state index contributed by atoms with van der Waals surface area (Å²) in [5, 5.41) is 25.3. The Morgan fingerprint density at radius 2 is 1.56 bits per heavy atom. The molecule has 4 heterocycles. The molecule has 322 valence electrons. The molecule has 0 aliphatic carbocycles. The number of carbonyl (C=O) groups excluding carboxylic acids is 4. The molecule has 2 amide bonds. The molecular weight excluding hydrogens is 1170 g/mol. The van der Waals surface area contributed by atoms with Gasteiger partial charge in [0, 0.05) is 118 Å². The van der Waals surface area contributed by atoms with Gasteiger partial charge in [0.2, 0.25) is 0 Å². The number of esters is 1. The first-order valence-electron chi connectivity index (χ1n) is 19.7. The smallest absolute Gasteiger partial charge is 0.408 e. The molecule has 16 nitrogen and oxygen atoms in total. The van der Waals surface area contributed by atoms with E-state index < -0.39 is 114 Å². The van der Waals surface area contributed by atoms with E-state index in [2.05, 4.69) is 5.32 Å². The summed E-state index contributed by atoms with van der Waals surface area (Å²) in [6.45, 7) is 19.2. The number of fused-ring (bicyclic) bond motifs is 1. The van der Waals surface area contributed by atoms with Crippen molar-refractivity contribution in [3.8, 4) is 0 Å². The molecule has 0 unspecified atom stereocenters. The second-order valence-corrected chi connectivity index (χ2v) is 17.8. The normalized spacial score (nSPS) is 44.2. The Morgan fingerprint density at radius 1 is 0.947 bits per heavy atom. The maximum absolute atomic E-state index is 14.4. The molecule has 4 aliphatic rings. The SMILES string of the molecule is CC[C@H]1OC(=O)[C@H](C)[C@@H](O[C@H]2CC(C)(C)[C@@H](O)[C@H](C)O2)[C@H](C)[C@@H](O[C@@H]2O[C@H](C)C[C@H](N(C)C)[C@H]2O)[C@](C)(OC(N)=O)C[C@@H](C)C(=O)[C@H](C)[C@H]2NC(=O)O[C@@]21C.[Ac].[Ac]. The van der Waals surface area contributed by atoms with E-state index in [1.54, 1.807) is 55.4 Å². The molecule has 0 aromatic carbocycles. The molecule has 0 aromatic rings. The van der Waals surface area contributed by atoms with Gasteiger partial charge in [-0.1, -0.05) is 41.5 Å². The molecule has 17 atom stereocenters. The van der Waals surface area contributed by atoms with E-state index in [0.717, 1.165) is 0 Å². The Hall–Kier alpha value is 0.283. The first kappa shape index (κ1) is 53.4. The summed E-state index contributed by atoms with van der Waals surface area (Å²) in [6, 6.07) is -1.24. The van der Waals surface area contributed by atoms with E-state index in [4.69, 9.17) is 38.9 Å². The van der Waals surface area contributed by atoms with Crippen LogP contribution in [0.15, 0.2) is 0 Å².